The zero-order valence-electron chi connectivity index (χ0n) is 15.4. The number of carbonyl (C=O) groups is 1. The van der Waals surface area contributed by atoms with Gasteiger partial charge in [0.25, 0.3) is 12.3 Å². The van der Waals surface area contributed by atoms with E-state index < -0.39 is 12.2 Å². The molecule has 5 nitrogen and oxygen atoms in total. The Morgan fingerprint density at radius 2 is 1.83 bits per heavy atom. The molecular formula is C22H14F2N4OS. The molecule has 0 saturated carbocycles. The van der Waals surface area contributed by atoms with Gasteiger partial charge in [-0.25, -0.2) is 18.7 Å². The number of carbonyl (C=O) groups excluding carboxylic acids is 1. The highest BCUT2D eigenvalue weighted by Crippen LogP contribution is 2.31. The van der Waals surface area contributed by atoms with Gasteiger partial charge in [-0.15, -0.1) is 11.3 Å². The van der Waals surface area contributed by atoms with Crippen molar-refractivity contribution in [2.24, 2.45) is 0 Å². The topological polar surface area (TPSA) is 70.7 Å². The van der Waals surface area contributed by atoms with Crippen LogP contribution in [0.3, 0.4) is 0 Å². The van der Waals surface area contributed by atoms with Crippen molar-refractivity contribution >= 4 is 44.2 Å². The maximum Gasteiger partial charge on any atom is 0.295 e. The van der Waals surface area contributed by atoms with Crippen LogP contribution in [-0.2, 0) is 0 Å². The number of benzene rings is 3. The van der Waals surface area contributed by atoms with E-state index in [4.69, 9.17) is 0 Å². The average Bonchev–Trinajstić information content (AvgIpc) is 3.37. The third-order valence-corrected chi connectivity index (χ3v) is 5.72. The molecule has 0 aliphatic heterocycles. The number of amides is 1. The molecule has 0 aliphatic rings. The van der Waals surface area contributed by atoms with Gasteiger partial charge >= 0.3 is 0 Å². The van der Waals surface area contributed by atoms with Crippen molar-refractivity contribution in [3.8, 4) is 10.6 Å². The lowest BCUT2D eigenvalue weighted by Crippen LogP contribution is -2.11. The molecule has 1 amide bonds. The minimum Gasteiger partial charge on any atom is -0.337 e. The molecular weight excluding hydrogens is 406 g/mol. The highest BCUT2D eigenvalue weighted by Gasteiger charge is 2.15. The van der Waals surface area contributed by atoms with Gasteiger partial charge in [-0.3, -0.25) is 4.79 Å². The standard InChI is InChI=1S/C22H14F2N4OS/c23-19(24)20-26-15-9-8-12(11-17(15)27-20)21(29)25-14-5-3-4-13(10-14)22-28-16-6-1-2-7-18(16)30-22/h1-11,19H,(H,25,29)(H,26,27). The first kappa shape index (κ1) is 18.4. The number of rotatable bonds is 4. The molecule has 0 radical (unpaired) electrons. The van der Waals surface area contributed by atoms with Crippen LogP contribution in [0.15, 0.2) is 66.7 Å². The fourth-order valence-electron chi connectivity index (χ4n) is 3.20. The number of para-hydroxylation sites is 1. The fourth-order valence-corrected chi connectivity index (χ4v) is 4.16. The normalized spacial score (nSPS) is 11.4. The van der Waals surface area contributed by atoms with Crippen molar-refractivity contribution in [1.82, 2.24) is 15.0 Å². The summed E-state index contributed by atoms with van der Waals surface area (Å²) in [6, 6.07) is 20.0. The molecule has 0 spiro atoms. The van der Waals surface area contributed by atoms with Crippen molar-refractivity contribution < 1.29 is 13.6 Å². The summed E-state index contributed by atoms with van der Waals surface area (Å²) in [6.07, 6.45) is -2.69. The molecule has 5 aromatic rings. The number of hydrogen-bond donors (Lipinski definition) is 2. The lowest BCUT2D eigenvalue weighted by Gasteiger charge is -2.07. The third-order valence-electron chi connectivity index (χ3n) is 4.63. The molecule has 0 aliphatic carbocycles. The van der Waals surface area contributed by atoms with Crippen LogP contribution in [0.25, 0.3) is 31.8 Å². The molecule has 2 aromatic heterocycles. The van der Waals surface area contributed by atoms with Crippen LogP contribution in [0, 0.1) is 0 Å². The number of halogens is 2. The maximum absolute atomic E-state index is 12.8. The van der Waals surface area contributed by atoms with Crippen LogP contribution in [0.1, 0.15) is 22.6 Å². The summed E-state index contributed by atoms with van der Waals surface area (Å²) in [5, 5.41) is 3.72. The number of nitrogens with zero attached hydrogens (tertiary/aromatic N) is 2. The molecule has 30 heavy (non-hydrogen) atoms. The molecule has 148 valence electrons. The molecule has 0 saturated heterocycles. The van der Waals surface area contributed by atoms with Crippen LogP contribution < -0.4 is 5.32 Å². The molecule has 0 unspecified atom stereocenters. The van der Waals surface area contributed by atoms with Crippen LogP contribution in [0.4, 0.5) is 14.5 Å². The van der Waals surface area contributed by atoms with Gasteiger partial charge in [-0.1, -0.05) is 24.3 Å². The lowest BCUT2D eigenvalue weighted by molar-refractivity contribution is 0.102. The van der Waals surface area contributed by atoms with Gasteiger partial charge in [0.2, 0.25) is 0 Å². The number of fused-ring (bicyclic) bond motifs is 2. The van der Waals surface area contributed by atoms with E-state index >= 15 is 0 Å². The monoisotopic (exact) mass is 420 g/mol. The smallest absolute Gasteiger partial charge is 0.295 e. The Hall–Kier alpha value is -3.65. The van der Waals surface area contributed by atoms with Gasteiger partial charge in [0.1, 0.15) is 5.01 Å². The van der Waals surface area contributed by atoms with Gasteiger partial charge in [-0.2, -0.15) is 0 Å². The minimum atomic E-state index is -2.69. The number of H-pyrrole nitrogens is 1. The fraction of sp³-hybridized carbons (Fsp3) is 0.0455. The van der Waals surface area contributed by atoms with Crippen LogP contribution >= 0.6 is 11.3 Å². The summed E-state index contributed by atoms with van der Waals surface area (Å²) in [5.41, 5.74) is 3.58. The number of thiazole rings is 1. The molecule has 2 N–H and O–H groups in total. The number of alkyl halides is 2. The first-order valence-electron chi connectivity index (χ1n) is 9.12. The summed E-state index contributed by atoms with van der Waals surface area (Å²) in [7, 11) is 0. The Morgan fingerprint density at radius 1 is 0.967 bits per heavy atom. The highest BCUT2D eigenvalue weighted by molar-refractivity contribution is 7.21. The maximum atomic E-state index is 12.8. The van der Waals surface area contributed by atoms with Crippen LogP contribution in [0.5, 0.6) is 0 Å². The van der Waals surface area contributed by atoms with E-state index in [1.54, 1.807) is 29.5 Å². The number of anilines is 1. The first-order valence-corrected chi connectivity index (χ1v) is 9.94. The van der Waals surface area contributed by atoms with E-state index in [0.717, 1.165) is 20.8 Å². The first-order chi connectivity index (χ1) is 14.6. The number of aromatic amines is 1. The minimum absolute atomic E-state index is 0.341. The molecule has 0 bridgehead atoms. The highest BCUT2D eigenvalue weighted by atomic mass is 32.1. The Morgan fingerprint density at radius 3 is 2.67 bits per heavy atom. The number of nitrogens with one attached hydrogen (secondary N) is 2. The van der Waals surface area contributed by atoms with E-state index in [1.165, 1.54) is 6.07 Å². The predicted molar refractivity (Wildman–Crippen MR) is 114 cm³/mol. The van der Waals surface area contributed by atoms with Gasteiger partial charge in [0.15, 0.2) is 5.82 Å². The Kier molecular flexibility index (Phi) is 4.48. The van der Waals surface area contributed by atoms with Crippen molar-refractivity contribution in [1.29, 1.82) is 0 Å². The van der Waals surface area contributed by atoms with E-state index in [-0.39, 0.29) is 5.91 Å². The zero-order chi connectivity index (χ0) is 20.7. The van der Waals surface area contributed by atoms with Gasteiger partial charge < -0.3 is 10.3 Å². The summed E-state index contributed by atoms with van der Waals surface area (Å²) in [5.74, 6) is -0.752. The second-order valence-corrected chi connectivity index (χ2v) is 7.71. The molecule has 3 aromatic carbocycles. The van der Waals surface area contributed by atoms with Crippen LogP contribution in [0.2, 0.25) is 0 Å². The summed E-state index contributed by atoms with van der Waals surface area (Å²) < 4.78 is 26.7. The van der Waals surface area contributed by atoms with Crippen molar-refractivity contribution in [3.05, 3.63) is 78.1 Å². The van der Waals surface area contributed by atoms with E-state index in [2.05, 4.69) is 20.3 Å². The number of imidazole rings is 1. The SMILES string of the molecule is O=C(Nc1cccc(-c2nc3ccccc3s2)c1)c1ccc2nc(C(F)F)[nH]c2c1. The van der Waals surface area contributed by atoms with E-state index in [0.29, 0.717) is 22.3 Å². The predicted octanol–water partition coefficient (Wildman–Crippen LogP) is 6.03. The number of hydrogen-bond acceptors (Lipinski definition) is 4. The van der Waals surface area contributed by atoms with Crippen LogP contribution in [-0.4, -0.2) is 20.9 Å². The average molecular weight is 420 g/mol. The van der Waals surface area contributed by atoms with Gasteiger partial charge in [-0.05, 0) is 42.5 Å². The lowest BCUT2D eigenvalue weighted by atomic mass is 10.1. The Bertz CT molecular complexity index is 1360. The molecule has 0 atom stereocenters. The van der Waals surface area contributed by atoms with E-state index in [9.17, 15) is 13.6 Å². The molecule has 5 rings (SSSR count). The van der Waals surface area contributed by atoms with Gasteiger partial charge in [0.05, 0.1) is 21.3 Å². The van der Waals surface area contributed by atoms with Crippen molar-refractivity contribution in [3.63, 3.8) is 0 Å². The summed E-state index contributed by atoms with van der Waals surface area (Å²) in [6.45, 7) is 0. The second-order valence-electron chi connectivity index (χ2n) is 6.68. The quantitative estimate of drug-likeness (QED) is 0.373. The largest absolute Gasteiger partial charge is 0.337 e. The van der Waals surface area contributed by atoms with Gasteiger partial charge in [0, 0.05) is 16.8 Å². The molecule has 2 heterocycles. The second kappa shape index (κ2) is 7.31. The van der Waals surface area contributed by atoms with E-state index in [1.807, 2.05) is 42.5 Å². The number of aromatic nitrogens is 3. The summed E-state index contributed by atoms with van der Waals surface area (Å²) >= 11 is 1.58. The Labute approximate surface area is 173 Å². The zero-order valence-corrected chi connectivity index (χ0v) is 16.2. The third kappa shape index (κ3) is 3.42. The molecule has 0 fully saturated rings. The summed E-state index contributed by atoms with van der Waals surface area (Å²) in [4.78, 5) is 23.7. The molecule has 8 heteroatoms. The van der Waals surface area contributed by atoms with Crippen molar-refractivity contribution in [2.45, 2.75) is 6.43 Å². The van der Waals surface area contributed by atoms with Crippen molar-refractivity contribution in [2.75, 3.05) is 5.32 Å². The Balaban J connectivity index is 1.41.